The molecule has 0 spiro atoms. The molecule has 0 N–H and O–H groups in total. The van der Waals surface area contributed by atoms with Crippen LogP contribution in [0.15, 0.2) is 65.2 Å². The summed E-state index contributed by atoms with van der Waals surface area (Å²) in [6.07, 6.45) is 1.81. The molecule has 0 unspecified atom stereocenters. The van der Waals surface area contributed by atoms with E-state index in [0.29, 0.717) is 0 Å². The number of rotatable bonds is 1. The van der Waals surface area contributed by atoms with Crippen molar-refractivity contribution in [2.24, 2.45) is 0 Å². The lowest BCUT2D eigenvalue weighted by Crippen LogP contribution is -1.88. The van der Waals surface area contributed by atoms with Crippen LogP contribution in [0.25, 0.3) is 44.0 Å². The molecule has 0 saturated heterocycles. The second-order valence-electron chi connectivity index (χ2n) is 6.39. The molecule has 0 aliphatic carbocycles. The third-order valence-electron chi connectivity index (χ3n) is 4.73. The van der Waals surface area contributed by atoms with Gasteiger partial charge in [0, 0.05) is 44.7 Å². The Morgan fingerprint density at radius 1 is 0.760 bits per heavy atom. The second-order valence-corrected chi connectivity index (χ2v) is 6.39. The molecule has 0 amide bonds. The summed E-state index contributed by atoms with van der Waals surface area (Å²) in [6, 6.07) is 18.6. The van der Waals surface area contributed by atoms with Crippen LogP contribution in [0.3, 0.4) is 0 Å². The predicted octanol–water partition coefficient (Wildman–Crippen LogP) is 5.81. The maximum Gasteiger partial charge on any atom is 0.144 e. The molecule has 3 heterocycles. The van der Waals surface area contributed by atoms with Crippen LogP contribution < -0.4 is 0 Å². The molecule has 0 atom stereocenters. The largest absolute Gasteiger partial charge is 0.455 e. The van der Waals surface area contributed by atoms with Crippen molar-refractivity contribution in [1.29, 1.82) is 0 Å². The molecule has 0 aliphatic rings. The van der Waals surface area contributed by atoms with Crippen molar-refractivity contribution in [2.45, 2.75) is 13.8 Å². The molecule has 3 aromatic heterocycles. The van der Waals surface area contributed by atoms with E-state index >= 15 is 0 Å². The normalized spacial score (nSPS) is 11.6. The molecular weight excluding hydrogens is 308 g/mol. The molecule has 3 heteroatoms. The molecule has 0 radical (unpaired) electrons. The zero-order chi connectivity index (χ0) is 17.0. The van der Waals surface area contributed by atoms with Gasteiger partial charge in [-0.15, -0.1) is 0 Å². The van der Waals surface area contributed by atoms with Crippen molar-refractivity contribution >= 4 is 32.7 Å². The van der Waals surface area contributed by atoms with Crippen molar-refractivity contribution in [2.75, 3.05) is 0 Å². The molecule has 0 aliphatic heterocycles. The lowest BCUT2D eigenvalue weighted by atomic mass is 10.0. The van der Waals surface area contributed by atoms with Crippen LogP contribution in [0.2, 0.25) is 0 Å². The number of hydrogen-bond acceptors (Lipinski definition) is 3. The van der Waals surface area contributed by atoms with Gasteiger partial charge in [-0.05, 0) is 44.2 Å². The molecule has 5 rings (SSSR count). The van der Waals surface area contributed by atoms with E-state index in [4.69, 9.17) is 4.42 Å². The van der Waals surface area contributed by atoms with Crippen molar-refractivity contribution in [3.8, 4) is 11.3 Å². The molecular formula is C22H16N2O. The third-order valence-corrected chi connectivity index (χ3v) is 4.73. The summed E-state index contributed by atoms with van der Waals surface area (Å²) in [5.41, 5.74) is 5.78. The van der Waals surface area contributed by atoms with Crippen LogP contribution in [0.5, 0.6) is 0 Å². The first-order valence-corrected chi connectivity index (χ1v) is 8.36. The number of nitrogens with zero attached hydrogens (tertiary/aromatic N) is 2. The van der Waals surface area contributed by atoms with E-state index < -0.39 is 0 Å². The van der Waals surface area contributed by atoms with Gasteiger partial charge in [-0.1, -0.05) is 24.3 Å². The Morgan fingerprint density at radius 2 is 1.60 bits per heavy atom. The van der Waals surface area contributed by atoms with E-state index in [1.165, 1.54) is 0 Å². The highest BCUT2D eigenvalue weighted by Crippen LogP contribution is 2.38. The summed E-state index contributed by atoms with van der Waals surface area (Å²) < 4.78 is 6.39. The molecule has 5 aromatic rings. The standard InChI is InChI=1S/C22H16N2O/c1-13-12-19-15(14(2)24-13)9-10-17-16-6-5-7-18(21(16)25-22(17)19)20-8-3-4-11-23-20/h3-12H,1-2H3. The van der Waals surface area contributed by atoms with Gasteiger partial charge in [-0.25, -0.2) is 0 Å². The number of aromatic nitrogens is 2. The van der Waals surface area contributed by atoms with Crippen LogP contribution in [0.1, 0.15) is 11.4 Å². The molecule has 25 heavy (non-hydrogen) atoms. The maximum absolute atomic E-state index is 6.39. The van der Waals surface area contributed by atoms with E-state index in [9.17, 15) is 0 Å². The first kappa shape index (κ1) is 14.2. The van der Waals surface area contributed by atoms with E-state index in [0.717, 1.165) is 55.4 Å². The van der Waals surface area contributed by atoms with Gasteiger partial charge in [0.15, 0.2) is 0 Å². The van der Waals surface area contributed by atoms with Crippen molar-refractivity contribution in [3.05, 3.63) is 72.2 Å². The van der Waals surface area contributed by atoms with Crippen molar-refractivity contribution in [1.82, 2.24) is 9.97 Å². The Bertz CT molecular complexity index is 1250. The highest BCUT2D eigenvalue weighted by molar-refractivity contribution is 6.17. The number of benzene rings is 2. The topological polar surface area (TPSA) is 38.9 Å². The minimum atomic E-state index is 0.885. The number of fused-ring (bicyclic) bond motifs is 5. The van der Waals surface area contributed by atoms with Gasteiger partial charge in [-0.3, -0.25) is 9.97 Å². The van der Waals surface area contributed by atoms with Gasteiger partial charge in [0.05, 0.1) is 5.69 Å². The average molecular weight is 324 g/mol. The number of aryl methyl sites for hydroxylation is 2. The summed E-state index contributed by atoms with van der Waals surface area (Å²) in [5.74, 6) is 0. The SMILES string of the molecule is Cc1cc2c(ccc3c4cccc(-c5ccccn5)c4oc23)c(C)n1. The quantitative estimate of drug-likeness (QED) is 0.390. The fourth-order valence-corrected chi connectivity index (χ4v) is 3.63. The Balaban J connectivity index is 1.95. The monoisotopic (exact) mass is 324 g/mol. The van der Waals surface area contributed by atoms with E-state index in [1.54, 1.807) is 0 Å². The highest BCUT2D eigenvalue weighted by atomic mass is 16.3. The van der Waals surface area contributed by atoms with Gasteiger partial charge in [0.2, 0.25) is 0 Å². The molecule has 120 valence electrons. The number of pyridine rings is 2. The summed E-state index contributed by atoms with van der Waals surface area (Å²) in [7, 11) is 0. The molecule has 0 fully saturated rings. The summed E-state index contributed by atoms with van der Waals surface area (Å²) in [4.78, 5) is 9.07. The van der Waals surface area contributed by atoms with Crippen LogP contribution in [0, 0.1) is 13.8 Å². The maximum atomic E-state index is 6.39. The first-order chi connectivity index (χ1) is 12.2. The number of furan rings is 1. The Hall–Kier alpha value is -3.20. The van der Waals surface area contributed by atoms with Crippen molar-refractivity contribution < 1.29 is 4.42 Å². The first-order valence-electron chi connectivity index (χ1n) is 8.36. The lowest BCUT2D eigenvalue weighted by molar-refractivity contribution is 0.673. The van der Waals surface area contributed by atoms with Crippen LogP contribution in [0.4, 0.5) is 0 Å². The average Bonchev–Trinajstić information content (AvgIpc) is 3.01. The van der Waals surface area contributed by atoms with E-state index in [-0.39, 0.29) is 0 Å². The summed E-state index contributed by atoms with van der Waals surface area (Å²) in [6.45, 7) is 4.07. The van der Waals surface area contributed by atoms with Gasteiger partial charge in [0.1, 0.15) is 11.2 Å². The Morgan fingerprint density at radius 3 is 2.44 bits per heavy atom. The Labute approximate surface area is 144 Å². The predicted molar refractivity (Wildman–Crippen MR) is 102 cm³/mol. The molecule has 3 nitrogen and oxygen atoms in total. The zero-order valence-corrected chi connectivity index (χ0v) is 14.1. The van der Waals surface area contributed by atoms with Crippen LogP contribution in [-0.2, 0) is 0 Å². The van der Waals surface area contributed by atoms with Gasteiger partial charge < -0.3 is 4.42 Å². The smallest absolute Gasteiger partial charge is 0.144 e. The minimum absolute atomic E-state index is 0.885. The zero-order valence-electron chi connectivity index (χ0n) is 14.1. The van der Waals surface area contributed by atoms with Crippen molar-refractivity contribution in [3.63, 3.8) is 0 Å². The van der Waals surface area contributed by atoms with Gasteiger partial charge in [-0.2, -0.15) is 0 Å². The van der Waals surface area contributed by atoms with E-state index in [1.807, 2.05) is 38.2 Å². The fraction of sp³-hybridized carbons (Fsp3) is 0.0909. The van der Waals surface area contributed by atoms with E-state index in [2.05, 4.69) is 46.4 Å². The molecule has 0 saturated carbocycles. The third kappa shape index (κ3) is 2.06. The summed E-state index contributed by atoms with van der Waals surface area (Å²) >= 11 is 0. The number of para-hydroxylation sites is 1. The van der Waals surface area contributed by atoms with Crippen LogP contribution >= 0.6 is 0 Å². The molecule has 2 aromatic carbocycles. The molecule has 0 bridgehead atoms. The fourth-order valence-electron chi connectivity index (χ4n) is 3.63. The second kappa shape index (κ2) is 5.15. The summed E-state index contributed by atoms with van der Waals surface area (Å²) in [5, 5.41) is 4.50. The lowest BCUT2D eigenvalue weighted by Gasteiger charge is -2.03. The Kier molecular flexibility index (Phi) is 2.92. The number of hydrogen-bond donors (Lipinski definition) is 0. The highest BCUT2D eigenvalue weighted by Gasteiger charge is 2.15. The van der Waals surface area contributed by atoms with Gasteiger partial charge in [0.25, 0.3) is 0 Å². The minimum Gasteiger partial charge on any atom is -0.455 e. The van der Waals surface area contributed by atoms with Crippen LogP contribution in [-0.4, -0.2) is 9.97 Å². The van der Waals surface area contributed by atoms with Gasteiger partial charge >= 0.3 is 0 Å².